The predicted octanol–water partition coefficient (Wildman–Crippen LogP) is 12.6. The fourth-order valence-electron chi connectivity index (χ4n) is 6.64. The number of allylic oxidation sites excluding steroid dienone is 4. The molecule has 0 aromatic rings. The second kappa shape index (κ2) is 40.6. The quantitative estimate of drug-likeness (QED) is 0.0276. The van der Waals surface area contributed by atoms with Crippen LogP contribution in [-0.2, 0) is 18.4 Å². The van der Waals surface area contributed by atoms with Crippen molar-refractivity contribution in [3.8, 4) is 0 Å². The molecular formula is C44H87N2O6P. The minimum Gasteiger partial charge on any atom is -0.391 e. The lowest BCUT2D eigenvalue weighted by Gasteiger charge is -2.25. The first-order valence-electron chi connectivity index (χ1n) is 22.5. The topological polar surface area (TPSA) is 131 Å². The summed E-state index contributed by atoms with van der Waals surface area (Å²) in [6.07, 6.45) is 46.1. The van der Waals surface area contributed by atoms with Crippen LogP contribution in [-0.4, -0.2) is 47.8 Å². The van der Waals surface area contributed by atoms with Gasteiger partial charge in [0.15, 0.2) is 0 Å². The summed E-state index contributed by atoms with van der Waals surface area (Å²) in [6.45, 7) is 4.20. The number of carbonyl (C=O) groups excluding carboxylic acids is 1. The third-order valence-electron chi connectivity index (χ3n) is 10.1. The van der Waals surface area contributed by atoms with Gasteiger partial charge in [-0.25, -0.2) is 4.57 Å². The van der Waals surface area contributed by atoms with E-state index in [1.165, 1.54) is 141 Å². The molecule has 0 spiro atoms. The highest BCUT2D eigenvalue weighted by molar-refractivity contribution is 7.47. The molecule has 0 radical (unpaired) electrons. The van der Waals surface area contributed by atoms with Crippen LogP contribution in [0.4, 0.5) is 0 Å². The van der Waals surface area contributed by atoms with Crippen LogP contribution < -0.4 is 11.1 Å². The van der Waals surface area contributed by atoms with Crippen molar-refractivity contribution >= 4 is 13.7 Å². The average molecular weight is 771 g/mol. The molecule has 0 aromatic carbocycles. The van der Waals surface area contributed by atoms with Crippen molar-refractivity contribution in [2.45, 2.75) is 231 Å². The van der Waals surface area contributed by atoms with Gasteiger partial charge in [-0.2, -0.15) is 0 Å². The second-order valence-electron chi connectivity index (χ2n) is 15.3. The first kappa shape index (κ1) is 52.0. The van der Waals surface area contributed by atoms with Crippen molar-refractivity contribution in [2.24, 2.45) is 5.73 Å². The molecule has 8 nitrogen and oxygen atoms in total. The third-order valence-corrected chi connectivity index (χ3v) is 11.0. The van der Waals surface area contributed by atoms with Crippen molar-refractivity contribution in [1.82, 2.24) is 5.32 Å². The Morgan fingerprint density at radius 1 is 0.623 bits per heavy atom. The van der Waals surface area contributed by atoms with E-state index in [1.807, 2.05) is 0 Å². The van der Waals surface area contributed by atoms with Gasteiger partial charge in [0.25, 0.3) is 0 Å². The highest BCUT2D eigenvalue weighted by atomic mass is 31.2. The van der Waals surface area contributed by atoms with Gasteiger partial charge >= 0.3 is 7.82 Å². The fraction of sp³-hybridized carbons (Fsp3) is 0.886. The van der Waals surface area contributed by atoms with Gasteiger partial charge in [-0.3, -0.25) is 13.8 Å². The van der Waals surface area contributed by atoms with Gasteiger partial charge in [-0.05, 0) is 44.9 Å². The molecule has 0 saturated carbocycles. The molecular weight excluding hydrogens is 683 g/mol. The highest BCUT2D eigenvalue weighted by Crippen LogP contribution is 2.43. The van der Waals surface area contributed by atoms with Crippen molar-refractivity contribution < 1.29 is 28.4 Å². The SMILES string of the molecule is CCCCCC/C=C\C/C=C\CCCCCCCCCC(=O)NC(COP(=O)(O)OCCN)C(O)CCCCCCCCCCCCCCCCCC. The van der Waals surface area contributed by atoms with Gasteiger partial charge in [0.1, 0.15) is 0 Å². The van der Waals surface area contributed by atoms with E-state index in [-0.39, 0.29) is 25.7 Å². The summed E-state index contributed by atoms with van der Waals surface area (Å²) < 4.78 is 22.2. The summed E-state index contributed by atoms with van der Waals surface area (Å²) >= 11 is 0. The zero-order valence-electron chi connectivity index (χ0n) is 34.8. The standard InChI is InChI=1S/C44H87N2O6P/c1-3-5-7-9-11-13-15-17-19-21-22-24-26-28-30-32-34-36-38-44(48)46-42(41-52-53(49,50)51-40-39-45)43(47)37-35-33-31-29-27-25-23-20-18-16-14-12-10-8-6-4-2/h13,15,19,21,42-43,47H,3-12,14,16-18,20,22-41,45H2,1-2H3,(H,46,48)(H,49,50)/b15-13-,21-19-. The summed E-state index contributed by atoms with van der Waals surface area (Å²) in [4.78, 5) is 22.7. The lowest BCUT2D eigenvalue weighted by Crippen LogP contribution is -2.46. The van der Waals surface area contributed by atoms with Crippen LogP contribution in [0.5, 0.6) is 0 Å². The van der Waals surface area contributed by atoms with Gasteiger partial charge in [-0.15, -0.1) is 0 Å². The van der Waals surface area contributed by atoms with Crippen LogP contribution in [0.15, 0.2) is 24.3 Å². The number of aliphatic hydroxyl groups is 1. The number of aliphatic hydroxyl groups excluding tert-OH is 1. The lowest BCUT2D eigenvalue weighted by atomic mass is 10.0. The van der Waals surface area contributed by atoms with Crippen molar-refractivity contribution in [3.05, 3.63) is 24.3 Å². The van der Waals surface area contributed by atoms with E-state index in [2.05, 4.69) is 43.5 Å². The Hall–Kier alpha value is -1.02. The van der Waals surface area contributed by atoms with Gasteiger partial charge in [-0.1, -0.05) is 192 Å². The summed E-state index contributed by atoms with van der Waals surface area (Å²) in [7, 11) is -4.32. The number of hydrogen-bond donors (Lipinski definition) is 4. The molecule has 0 aromatic heterocycles. The maximum absolute atomic E-state index is 12.8. The molecule has 0 bridgehead atoms. The summed E-state index contributed by atoms with van der Waals surface area (Å²) in [6, 6.07) is -0.776. The van der Waals surface area contributed by atoms with E-state index >= 15 is 0 Å². The van der Waals surface area contributed by atoms with Crippen molar-refractivity contribution in [2.75, 3.05) is 19.8 Å². The van der Waals surface area contributed by atoms with E-state index in [1.54, 1.807) is 0 Å². The van der Waals surface area contributed by atoms with Crippen LogP contribution >= 0.6 is 7.82 Å². The number of phosphoric acid groups is 1. The molecule has 3 atom stereocenters. The molecule has 9 heteroatoms. The number of rotatable bonds is 42. The molecule has 53 heavy (non-hydrogen) atoms. The summed E-state index contributed by atoms with van der Waals surface area (Å²) in [5, 5.41) is 13.8. The summed E-state index contributed by atoms with van der Waals surface area (Å²) in [5.41, 5.74) is 5.38. The molecule has 0 aliphatic heterocycles. The fourth-order valence-corrected chi connectivity index (χ4v) is 7.40. The number of nitrogens with one attached hydrogen (secondary N) is 1. The van der Waals surface area contributed by atoms with Crippen molar-refractivity contribution in [3.63, 3.8) is 0 Å². The largest absolute Gasteiger partial charge is 0.472 e. The van der Waals surface area contributed by atoms with Crippen LogP contribution in [0.25, 0.3) is 0 Å². The average Bonchev–Trinajstić information content (AvgIpc) is 3.14. The molecule has 0 aliphatic rings. The van der Waals surface area contributed by atoms with Crippen molar-refractivity contribution in [1.29, 1.82) is 0 Å². The molecule has 0 fully saturated rings. The van der Waals surface area contributed by atoms with Crippen LogP contribution in [0.1, 0.15) is 219 Å². The zero-order chi connectivity index (χ0) is 38.9. The Morgan fingerprint density at radius 3 is 1.51 bits per heavy atom. The number of unbranched alkanes of at least 4 members (excludes halogenated alkanes) is 26. The molecule has 3 unspecified atom stereocenters. The maximum atomic E-state index is 12.8. The van der Waals surface area contributed by atoms with Gasteiger partial charge in [0.05, 0.1) is 25.4 Å². The van der Waals surface area contributed by atoms with E-state index in [9.17, 15) is 19.4 Å². The minimum absolute atomic E-state index is 0.0880. The zero-order valence-corrected chi connectivity index (χ0v) is 35.7. The third kappa shape index (κ3) is 39.0. The molecule has 5 N–H and O–H groups in total. The number of carbonyl (C=O) groups is 1. The summed E-state index contributed by atoms with van der Waals surface area (Å²) in [5.74, 6) is -0.168. The number of phosphoric ester groups is 1. The smallest absolute Gasteiger partial charge is 0.391 e. The van der Waals surface area contributed by atoms with Gasteiger partial charge in [0.2, 0.25) is 5.91 Å². The molecule has 0 heterocycles. The molecule has 314 valence electrons. The van der Waals surface area contributed by atoms with Crippen LogP contribution in [0.2, 0.25) is 0 Å². The monoisotopic (exact) mass is 771 g/mol. The van der Waals surface area contributed by atoms with E-state index in [4.69, 9.17) is 14.8 Å². The van der Waals surface area contributed by atoms with Crippen LogP contribution in [0.3, 0.4) is 0 Å². The molecule has 0 rings (SSSR count). The van der Waals surface area contributed by atoms with Crippen LogP contribution in [0, 0.1) is 0 Å². The normalized spacial score (nSPS) is 14.3. The van der Waals surface area contributed by atoms with Gasteiger partial charge in [0, 0.05) is 13.0 Å². The van der Waals surface area contributed by atoms with Gasteiger partial charge < -0.3 is 21.1 Å². The van der Waals surface area contributed by atoms with E-state index in [0.29, 0.717) is 12.8 Å². The first-order valence-corrected chi connectivity index (χ1v) is 23.9. The molecule has 0 saturated heterocycles. The Kier molecular flexibility index (Phi) is 39.9. The number of hydrogen-bond acceptors (Lipinski definition) is 6. The number of amides is 1. The highest BCUT2D eigenvalue weighted by Gasteiger charge is 2.27. The molecule has 0 aliphatic carbocycles. The lowest BCUT2D eigenvalue weighted by molar-refractivity contribution is -0.123. The Morgan fingerprint density at radius 2 is 1.04 bits per heavy atom. The predicted molar refractivity (Wildman–Crippen MR) is 226 cm³/mol. The Balaban J connectivity index is 4.15. The first-order chi connectivity index (χ1) is 25.9. The Labute approximate surface area is 327 Å². The second-order valence-corrected chi connectivity index (χ2v) is 16.7. The minimum atomic E-state index is -4.32. The maximum Gasteiger partial charge on any atom is 0.472 e. The van der Waals surface area contributed by atoms with E-state index < -0.39 is 20.0 Å². The van der Waals surface area contributed by atoms with E-state index in [0.717, 1.165) is 51.4 Å². The number of nitrogens with two attached hydrogens (primary N) is 1. The Bertz CT molecular complexity index is 886. The molecule has 1 amide bonds.